The van der Waals surface area contributed by atoms with Crippen LogP contribution in [0, 0.1) is 6.07 Å². The Balaban J connectivity index is 0.000000221. The first-order valence-electron chi connectivity index (χ1n) is 17.0. The van der Waals surface area contributed by atoms with Gasteiger partial charge in [-0.15, -0.1) is 0 Å². The Labute approximate surface area is 307 Å². The molecule has 0 spiro atoms. The zero-order valence-electron chi connectivity index (χ0n) is 30.8. The van der Waals surface area contributed by atoms with E-state index in [0.29, 0.717) is 6.42 Å². The standard InChI is InChI=1S/C23H32O2.C17H21B2N4.Pt/c1-22(2,3)18-11-7-16(8-12-18)20(24)15-21(25)17-9-13-19(14-10-17)23(4,5)6;1-20(2)18-19(21(3)4)23(17-13-9-6-10-14-17)15-22(18)16-11-7-5-8-12-16;/h7-14,20-21,24-25H,15H2,1-6H3;5-13H,1-4H3;/q;-1;. The van der Waals surface area contributed by atoms with Crippen molar-refractivity contribution in [3.05, 3.63) is 131 Å². The fourth-order valence-corrected chi connectivity index (χ4v) is 7.25. The summed E-state index contributed by atoms with van der Waals surface area (Å²) in [5.41, 5.74) is 6.65. The molecule has 2 atom stereocenters. The molecule has 49 heavy (non-hydrogen) atoms. The van der Waals surface area contributed by atoms with E-state index in [2.05, 4.69) is 181 Å². The number of anilines is 2. The third-order valence-electron chi connectivity index (χ3n) is 8.98. The monoisotopic (exact) mass is 838 g/mol. The van der Waals surface area contributed by atoms with Gasteiger partial charge < -0.3 is 10.2 Å². The molecule has 0 radical (unpaired) electrons. The molecule has 0 bridgehead atoms. The predicted molar refractivity (Wildman–Crippen MR) is 205 cm³/mol. The fourth-order valence-electron chi connectivity index (χ4n) is 6.08. The number of para-hydroxylation sites is 2. The van der Waals surface area contributed by atoms with Crippen LogP contribution in [0.3, 0.4) is 0 Å². The van der Waals surface area contributed by atoms with Crippen LogP contribution in [0.1, 0.15) is 82.4 Å². The summed E-state index contributed by atoms with van der Waals surface area (Å²) >= 11 is 2.44. The molecule has 1 saturated heterocycles. The van der Waals surface area contributed by atoms with Crippen LogP contribution in [-0.4, -0.2) is 65.9 Å². The zero-order chi connectivity index (χ0) is 36.1. The van der Waals surface area contributed by atoms with Gasteiger partial charge in [-0.05, 0) is 33.1 Å². The van der Waals surface area contributed by atoms with E-state index in [-0.39, 0.29) is 24.6 Å². The Morgan fingerprint density at radius 1 is 0.633 bits per heavy atom. The van der Waals surface area contributed by atoms with E-state index < -0.39 is 12.2 Å². The van der Waals surface area contributed by atoms with Gasteiger partial charge in [-0.3, -0.25) is 0 Å². The Morgan fingerprint density at radius 2 is 1.06 bits per heavy atom. The molecular formula is C40H53B2N4O2Pt-. The summed E-state index contributed by atoms with van der Waals surface area (Å²) in [5.74, 6) is 0. The van der Waals surface area contributed by atoms with Gasteiger partial charge in [0.15, 0.2) is 0 Å². The molecule has 9 heteroatoms. The Kier molecular flexibility index (Phi) is 13.0. The summed E-state index contributed by atoms with van der Waals surface area (Å²) in [6, 6.07) is 38.2. The molecule has 1 heterocycles. The normalized spacial score (nSPS) is 15.1. The molecule has 0 amide bonds. The van der Waals surface area contributed by atoms with Crippen LogP contribution in [0.4, 0.5) is 11.4 Å². The third-order valence-corrected chi connectivity index (χ3v) is 10.1. The molecule has 4 aromatic rings. The molecule has 5 rings (SSSR count). The first kappa shape index (κ1) is 38.8. The maximum absolute atomic E-state index is 10.5. The molecule has 1 fully saturated rings. The number of nitrogens with zero attached hydrogens (tertiary/aromatic N) is 4. The van der Waals surface area contributed by atoms with Crippen molar-refractivity contribution in [2.24, 2.45) is 0 Å². The number of aliphatic hydroxyl groups excluding tert-OH is 2. The topological polar surface area (TPSA) is 53.4 Å². The molecule has 1 aliphatic rings. The third kappa shape index (κ3) is 9.62. The summed E-state index contributed by atoms with van der Waals surface area (Å²) in [6.45, 7) is 13.4. The van der Waals surface area contributed by atoms with Gasteiger partial charge >= 0.3 is 157 Å². The van der Waals surface area contributed by atoms with Crippen molar-refractivity contribution in [2.45, 2.75) is 71.0 Å². The van der Waals surface area contributed by atoms with Gasteiger partial charge in [0.25, 0.3) is 0 Å². The minimum atomic E-state index is -0.675. The van der Waals surface area contributed by atoms with E-state index in [1.165, 1.54) is 21.0 Å². The summed E-state index contributed by atoms with van der Waals surface area (Å²) in [7, 11) is 8.55. The molecular weight excluding hydrogens is 785 g/mol. The van der Waals surface area contributed by atoms with Gasteiger partial charge in [-0.1, -0.05) is 90.1 Å². The van der Waals surface area contributed by atoms with Crippen LogP contribution in [-0.2, 0) is 30.2 Å². The second-order valence-electron chi connectivity index (χ2n) is 15.3. The molecule has 6 nitrogen and oxygen atoms in total. The van der Waals surface area contributed by atoms with Crippen LogP contribution in [0.25, 0.3) is 0 Å². The Hall–Kier alpha value is -2.99. The van der Waals surface area contributed by atoms with E-state index >= 15 is 0 Å². The molecule has 262 valence electrons. The quantitative estimate of drug-likeness (QED) is 0.147. The number of benzene rings is 4. The maximum atomic E-state index is 10.5. The van der Waals surface area contributed by atoms with Crippen LogP contribution in [0.2, 0.25) is 0 Å². The van der Waals surface area contributed by atoms with Crippen molar-refractivity contribution < 1.29 is 29.6 Å². The van der Waals surface area contributed by atoms with Crippen LogP contribution in [0.5, 0.6) is 0 Å². The van der Waals surface area contributed by atoms with E-state index in [4.69, 9.17) is 0 Å². The van der Waals surface area contributed by atoms with Gasteiger partial charge in [0.1, 0.15) is 0 Å². The van der Waals surface area contributed by atoms with Gasteiger partial charge in [-0.2, -0.15) is 0 Å². The zero-order valence-corrected chi connectivity index (χ0v) is 33.1. The van der Waals surface area contributed by atoms with Crippen molar-refractivity contribution in [3.63, 3.8) is 0 Å². The van der Waals surface area contributed by atoms with Gasteiger partial charge in [-0.25, -0.2) is 0 Å². The molecule has 0 aromatic heterocycles. The van der Waals surface area contributed by atoms with Gasteiger partial charge in [0.2, 0.25) is 0 Å². The second-order valence-corrected chi connectivity index (χ2v) is 16.3. The van der Waals surface area contributed by atoms with Gasteiger partial charge in [0.05, 0.1) is 12.2 Å². The van der Waals surface area contributed by atoms with Gasteiger partial charge in [0, 0.05) is 6.42 Å². The van der Waals surface area contributed by atoms with E-state index in [0.717, 1.165) is 16.8 Å². The summed E-state index contributed by atoms with van der Waals surface area (Å²) in [5, 5.41) is 20.9. The summed E-state index contributed by atoms with van der Waals surface area (Å²) in [6.07, 6.45) is -1.05. The van der Waals surface area contributed by atoms with Crippen LogP contribution < -0.4 is 9.62 Å². The fraction of sp³-hybridized carbons (Fsp3) is 0.375. The van der Waals surface area contributed by atoms with E-state index in [9.17, 15) is 10.2 Å². The van der Waals surface area contributed by atoms with Crippen molar-refractivity contribution in [1.82, 2.24) is 9.62 Å². The number of aliphatic hydroxyl groups is 2. The van der Waals surface area contributed by atoms with E-state index in [1.807, 2.05) is 36.4 Å². The molecule has 0 saturated carbocycles. The molecule has 1 aliphatic heterocycles. The van der Waals surface area contributed by atoms with Crippen molar-refractivity contribution in [1.29, 1.82) is 0 Å². The molecule has 2 N–H and O–H groups in total. The van der Waals surface area contributed by atoms with Crippen LogP contribution >= 0.6 is 0 Å². The molecule has 2 unspecified atom stereocenters. The van der Waals surface area contributed by atoms with Crippen LogP contribution in [0.15, 0.2) is 103 Å². The van der Waals surface area contributed by atoms with Crippen molar-refractivity contribution in [3.8, 4) is 0 Å². The Morgan fingerprint density at radius 3 is 1.45 bits per heavy atom. The van der Waals surface area contributed by atoms with Crippen molar-refractivity contribution >= 4 is 29.3 Å². The first-order valence-corrected chi connectivity index (χ1v) is 18.1. The average molecular weight is 839 g/mol. The second kappa shape index (κ2) is 16.4. The SMILES string of the molecule is CC(C)(C)c1ccc(C(O)CC(O)c2ccc(C(C)(C)C)cc2)cc1.CN(C)B1B(N(C)C)N(c2ccccc2)[C](=[Pt])N1c1[c-]cccc1. The Bertz CT molecular complexity index is 1500. The summed E-state index contributed by atoms with van der Waals surface area (Å²) in [4.78, 5) is 9.30. The summed E-state index contributed by atoms with van der Waals surface area (Å²) < 4.78 is 1.18. The minimum absolute atomic E-state index is 0.0950. The van der Waals surface area contributed by atoms with E-state index in [1.54, 1.807) is 0 Å². The molecule has 4 aromatic carbocycles. The predicted octanol–water partition coefficient (Wildman–Crippen LogP) is 7.06. The first-order chi connectivity index (χ1) is 23.0. The number of rotatable bonds is 8. The average Bonchev–Trinajstić information content (AvgIpc) is 3.38. The number of hydrogen-bond acceptors (Lipinski definition) is 6. The number of hydrogen-bond donors (Lipinski definition) is 2. The van der Waals surface area contributed by atoms with Crippen molar-refractivity contribution in [2.75, 3.05) is 37.8 Å². The molecule has 0 aliphatic carbocycles.